The minimum atomic E-state index is -6.89. The summed E-state index contributed by atoms with van der Waals surface area (Å²) in [5, 5.41) is -6.57. The standard InChI is InChI=1S/C16H19F8IO9S/c1-11(2)28-5-6(30-11)7-8(9-10(29-7)32-12(3,4)31-9)33-35(26,27)16(23,24)15(21,22)34-14(19,20)13(17,18)25/h6-10H,5H2,1-4H3/t6?,7-,8?,9?,10-/m1/s1. The topological polar surface area (TPSA) is 98.8 Å². The number of halogens is 9. The first-order valence-electron chi connectivity index (χ1n) is 9.57. The Balaban J connectivity index is 1.90. The van der Waals surface area contributed by atoms with Crippen molar-refractivity contribution in [2.75, 3.05) is 6.61 Å². The fourth-order valence-corrected chi connectivity index (χ4v) is 4.50. The maximum Gasteiger partial charge on any atom is 0.460 e. The van der Waals surface area contributed by atoms with Crippen LogP contribution in [0.2, 0.25) is 0 Å². The highest BCUT2D eigenvalue weighted by atomic mass is 127. The number of alkyl halides is 9. The van der Waals surface area contributed by atoms with Gasteiger partial charge in [-0.15, -0.1) is 0 Å². The lowest BCUT2D eigenvalue weighted by Crippen LogP contribution is -2.56. The van der Waals surface area contributed by atoms with Crippen molar-refractivity contribution < 1.29 is 76.1 Å². The zero-order valence-electron chi connectivity index (χ0n) is 18.1. The summed E-state index contributed by atoms with van der Waals surface area (Å²) >= 11 is -0.345. The number of rotatable bonds is 8. The zero-order chi connectivity index (χ0) is 27.0. The van der Waals surface area contributed by atoms with Gasteiger partial charge < -0.3 is 23.7 Å². The van der Waals surface area contributed by atoms with Crippen molar-refractivity contribution in [3.8, 4) is 0 Å². The van der Waals surface area contributed by atoms with E-state index in [-0.39, 0.29) is 29.2 Å². The van der Waals surface area contributed by atoms with Crippen molar-refractivity contribution in [2.24, 2.45) is 0 Å². The Bertz CT molecular complexity index is 926. The van der Waals surface area contributed by atoms with Crippen LogP contribution in [0, 0.1) is 0 Å². The van der Waals surface area contributed by atoms with E-state index >= 15 is 0 Å². The predicted octanol–water partition coefficient (Wildman–Crippen LogP) is 3.55. The molecule has 3 rings (SSSR count). The van der Waals surface area contributed by atoms with Gasteiger partial charge in [0.1, 0.15) is 24.4 Å². The minimum absolute atomic E-state index is 0.285. The number of ether oxygens (including phenoxy) is 6. The molecule has 0 aliphatic carbocycles. The van der Waals surface area contributed by atoms with Crippen LogP contribution in [-0.4, -0.2) is 78.7 Å². The van der Waals surface area contributed by atoms with Crippen LogP contribution in [0.3, 0.4) is 0 Å². The van der Waals surface area contributed by atoms with E-state index in [9.17, 15) is 43.5 Å². The van der Waals surface area contributed by atoms with Crippen molar-refractivity contribution in [1.82, 2.24) is 0 Å². The molecule has 0 aromatic carbocycles. The lowest BCUT2D eigenvalue weighted by Gasteiger charge is -2.32. The molecule has 35 heavy (non-hydrogen) atoms. The maximum atomic E-state index is 14.3. The smallest absolute Gasteiger partial charge is 0.348 e. The normalized spacial score (nSPS) is 33.8. The van der Waals surface area contributed by atoms with Crippen LogP contribution < -0.4 is 0 Å². The molecule has 3 heterocycles. The molecule has 0 N–H and O–H groups in total. The van der Waals surface area contributed by atoms with Crippen LogP contribution in [0.4, 0.5) is 35.1 Å². The lowest BCUT2D eigenvalue weighted by molar-refractivity contribution is -0.439. The monoisotopic (exact) mass is 666 g/mol. The number of fused-ring (bicyclic) bond motifs is 1. The zero-order valence-corrected chi connectivity index (χ0v) is 21.1. The summed E-state index contributed by atoms with van der Waals surface area (Å²) in [5.74, 6) is -2.70. The van der Waals surface area contributed by atoms with Gasteiger partial charge in [0.25, 0.3) is 0 Å². The van der Waals surface area contributed by atoms with E-state index in [1.807, 2.05) is 0 Å². The Morgan fingerprint density at radius 1 is 0.857 bits per heavy atom. The van der Waals surface area contributed by atoms with Crippen molar-refractivity contribution in [3.63, 3.8) is 0 Å². The van der Waals surface area contributed by atoms with Gasteiger partial charge in [-0.2, -0.15) is 43.5 Å². The maximum absolute atomic E-state index is 14.3. The van der Waals surface area contributed by atoms with Crippen LogP contribution in [0.25, 0.3) is 0 Å². The van der Waals surface area contributed by atoms with E-state index in [4.69, 9.17) is 23.7 Å². The molecule has 0 saturated carbocycles. The van der Waals surface area contributed by atoms with E-state index in [0.717, 1.165) is 0 Å². The second-order valence-electron chi connectivity index (χ2n) is 8.60. The average Bonchev–Trinajstić information content (AvgIpc) is 3.22. The molecule has 0 radical (unpaired) electrons. The summed E-state index contributed by atoms with van der Waals surface area (Å²) in [4.78, 5) is 0. The highest BCUT2D eigenvalue weighted by molar-refractivity contribution is 14.1. The van der Waals surface area contributed by atoms with Gasteiger partial charge in [0, 0.05) is 22.6 Å². The second kappa shape index (κ2) is 8.68. The van der Waals surface area contributed by atoms with E-state index in [2.05, 4.69) is 8.92 Å². The van der Waals surface area contributed by atoms with Crippen molar-refractivity contribution in [1.29, 1.82) is 0 Å². The molecule has 206 valence electrons. The Labute approximate surface area is 206 Å². The summed E-state index contributed by atoms with van der Waals surface area (Å²) in [6.07, 6.45) is -20.8. The third-order valence-electron chi connectivity index (χ3n) is 4.90. The molecule has 3 aliphatic rings. The SMILES string of the molecule is CC1(C)OCC([C@H]2O[C@@H]3OC(C)(C)OC3C2OS(=O)(=O)C(F)(F)C(F)(F)OC(F)(F)C(F)(F)I)O1. The summed E-state index contributed by atoms with van der Waals surface area (Å²) in [6, 6.07) is 0. The highest BCUT2D eigenvalue weighted by Gasteiger charge is 2.75. The van der Waals surface area contributed by atoms with Crippen molar-refractivity contribution in [2.45, 2.75) is 91.4 Å². The van der Waals surface area contributed by atoms with Crippen molar-refractivity contribution >= 4 is 32.7 Å². The van der Waals surface area contributed by atoms with Gasteiger partial charge >= 0.3 is 31.5 Å². The van der Waals surface area contributed by atoms with Crippen LogP contribution in [0.5, 0.6) is 0 Å². The molecule has 3 saturated heterocycles. The molecule has 3 unspecified atom stereocenters. The van der Waals surface area contributed by atoms with Crippen LogP contribution >= 0.6 is 22.6 Å². The fraction of sp³-hybridized carbons (Fsp3) is 1.00. The Hall–Kier alpha value is -0.160. The lowest BCUT2D eigenvalue weighted by atomic mass is 10.1. The van der Waals surface area contributed by atoms with E-state index in [1.54, 1.807) is 0 Å². The van der Waals surface area contributed by atoms with E-state index in [1.165, 1.54) is 27.7 Å². The first-order chi connectivity index (χ1) is 15.4. The van der Waals surface area contributed by atoms with Crippen LogP contribution in [0.1, 0.15) is 27.7 Å². The van der Waals surface area contributed by atoms with Gasteiger partial charge in [-0.25, -0.2) is 4.74 Å². The van der Waals surface area contributed by atoms with Crippen LogP contribution in [0.15, 0.2) is 0 Å². The average molecular weight is 666 g/mol. The van der Waals surface area contributed by atoms with Gasteiger partial charge in [-0.1, -0.05) is 0 Å². The van der Waals surface area contributed by atoms with Crippen LogP contribution in [-0.2, 0) is 42.7 Å². The highest BCUT2D eigenvalue weighted by Crippen LogP contribution is 2.50. The summed E-state index contributed by atoms with van der Waals surface area (Å²) in [5.41, 5.74) is 0. The summed E-state index contributed by atoms with van der Waals surface area (Å²) in [7, 11) is -6.89. The Morgan fingerprint density at radius 2 is 1.43 bits per heavy atom. The van der Waals surface area contributed by atoms with E-state index < -0.39 is 73.8 Å². The molecule has 19 heteroatoms. The third kappa shape index (κ3) is 5.52. The molecule has 5 atom stereocenters. The van der Waals surface area contributed by atoms with E-state index in [0.29, 0.717) is 0 Å². The Morgan fingerprint density at radius 3 is 1.91 bits per heavy atom. The Kier molecular flexibility index (Phi) is 7.29. The molecule has 0 aromatic rings. The number of hydrogen-bond donors (Lipinski definition) is 0. The molecule has 9 nitrogen and oxygen atoms in total. The van der Waals surface area contributed by atoms with Crippen molar-refractivity contribution in [3.05, 3.63) is 0 Å². The molecule has 0 spiro atoms. The molecule has 0 aromatic heterocycles. The quantitative estimate of drug-likeness (QED) is 0.167. The summed E-state index contributed by atoms with van der Waals surface area (Å²) < 4.78 is 161. The number of hydrogen-bond acceptors (Lipinski definition) is 9. The summed E-state index contributed by atoms with van der Waals surface area (Å²) in [6.45, 7) is 5.26. The molecule has 3 fully saturated rings. The third-order valence-corrected chi connectivity index (χ3v) is 6.87. The molecular formula is C16H19F8IO9S. The molecular weight excluding hydrogens is 647 g/mol. The first-order valence-corrected chi connectivity index (χ1v) is 12.1. The van der Waals surface area contributed by atoms with Gasteiger partial charge in [0.15, 0.2) is 17.9 Å². The molecule has 3 aliphatic heterocycles. The fourth-order valence-electron chi connectivity index (χ4n) is 3.42. The van der Waals surface area contributed by atoms with Gasteiger partial charge in [-0.05, 0) is 27.7 Å². The molecule has 0 amide bonds. The van der Waals surface area contributed by atoms with Gasteiger partial charge in [0.05, 0.1) is 6.61 Å². The van der Waals surface area contributed by atoms with Gasteiger partial charge in [0.2, 0.25) is 0 Å². The minimum Gasteiger partial charge on any atom is -0.348 e. The largest absolute Gasteiger partial charge is 0.460 e. The predicted molar refractivity (Wildman–Crippen MR) is 102 cm³/mol. The van der Waals surface area contributed by atoms with Gasteiger partial charge in [-0.3, -0.25) is 4.18 Å². The first kappa shape index (κ1) is 29.4. The second-order valence-corrected chi connectivity index (χ2v) is 11.6. The molecule has 0 bridgehead atoms.